The third-order valence-electron chi connectivity index (χ3n) is 4.85. The summed E-state index contributed by atoms with van der Waals surface area (Å²) in [6.45, 7) is 3.58. The van der Waals surface area contributed by atoms with Crippen molar-refractivity contribution in [2.24, 2.45) is 0 Å². The number of para-hydroxylation sites is 1. The second kappa shape index (κ2) is 11.4. The quantitative estimate of drug-likeness (QED) is 0.314. The number of rotatable bonds is 9. The molecule has 1 atom stereocenters. The fourth-order valence-corrected chi connectivity index (χ4v) is 3.84. The Labute approximate surface area is 201 Å². The van der Waals surface area contributed by atoms with Crippen molar-refractivity contribution >= 4 is 39.9 Å². The molecule has 0 saturated heterocycles. The van der Waals surface area contributed by atoms with E-state index in [4.69, 9.17) is 9.47 Å². The number of ketones is 1. The van der Waals surface area contributed by atoms with Gasteiger partial charge in [-0.25, -0.2) is 9.78 Å². The lowest BCUT2D eigenvalue weighted by molar-refractivity contribution is -0.123. The van der Waals surface area contributed by atoms with Crippen LogP contribution < -0.4 is 20.7 Å². The first kappa shape index (κ1) is 24.9. The first-order valence-corrected chi connectivity index (χ1v) is 11.3. The number of aromatic nitrogens is 1. The lowest BCUT2D eigenvalue weighted by Gasteiger charge is -2.13. The summed E-state index contributed by atoms with van der Waals surface area (Å²) < 4.78 is 10.3. The highest BCUT2D eigenvalue weighted by molar-refractivity contribution is 7.14. The summed E-state index contributed by atoms with van der Waals surface area (Å²) in [6.07, 6.45) is -0.347. The maximum Gasteiger partial charge on any atom is 0.325 e. The molecule has 0 aliphatic heterocycles. The lowest BCUT2D eigenvalue weighted by Crippen LogP contribution is -2.34. The minimum Gasteiger partial charge on any atom is -0.496 e. The van der Waals surface area contributed by atoms with Gasteiger partial charge < -0.3 is 20.1 Å². The first-order chi connectivity index (χ1) is 16.3. The summed E-state index contributed by atoms with van der Waals surface area (Å²) in [5, 5.41) is 10.1. The minimum atomic E-state index is -0.557. The van der Waals surface area contributed by atoms with Gasteiger partial charge in [0.15, 0.2) is 10.9 Å². The lowest BCUT2D eigenvalue weighted by atomic mass is 9.99. The van der Waals surface area contributed by atoms with Crippen LogP contribution >= 0.6 is 11.3 Å². The average Bonchev–Trinajstić information content (AvgIpc) is 3.24. The fourth-order valence-electron chi connectivity index (χ4n) is 3.13. The number of urea groups is 1. The number of amides is 3. The van der Waals surface area contributed by atoms with Crippen LogP contribution in [0.5, 0.6) is 5.75 Å². The van der Waals surface area contributed by atoms with E-state index in [1.807, 2.05) is 6.92 Å². The maximum atomic E-state index is 13.2. The standard InChI is InChI=1S/C24H26N4O5S/c1-14-9-10-17(22(30)18-7-5-6-8-20(18)33-4)19(11-14)27-23(31)28-24-26-16(13-34-24)12-21(29)25-15(2)32-3/h5-11,13,15H,12H2,1-4H3,(H,25,29)(H2,26,27,28,31). The molecule has 0 radical (unpaired) electrons. The number of hydrogen-bond acceptors (Lipinski definition) is 7. The molecular formula is C24H26N4O5S. The zero-order valence-electron chi connectivity index (χ0n) is 19.3. The first-order valence-electron chi connectivity index (χ1n) is 10.4. The summed E-state index contributed by atoms with van der Waals surface area (Å²) in [4.78, 5) is 42.1. The van der Waals surface area contributed by atoms with Crippen molar-refractivity contribution in [1.82, 2.24) is 10.3 Å². The maximum absolute atomic E-state index is 13.2. The van der Waals surface area contributed by atoms with Crippen LogP contribution in [0.1, 0.15) is 34.1 Å². The molecule has 1 aromatic heterocycles. The zero-order valence-corrected chi connectivity index (χ0v) is 20.1. The molecule has 0 fully saturated rings. The van der Waals surface area contributed by atoms with Crippen LogP contribution in [0.4, 0.5) is 15.6 Å². The van der Waals surface area contributed by atoms with Gasteiger partial charge in [-0.2, -0.15) is 0 Å². The predicted molar refractivity (Wildman–Crippen MR) is 131 cm³/mol. The van der Waals surface area contributed by atoms with E-state index in [1.165, 1.54) is 25.6 Å². The molecule has 34 heavy (non-hydrogen) atoms. The van der Waals surface area contributed by atoms with Crippen molar-refractivity contribution in [3.63, 3.8) is 0 Å². The molecule has 1 heterocycles. The molecule has 3 N–H and O–H groups in total. The van der Waals surface area contributed by atoms with Gasteiger partial charge in [-0.3, -0.25) is 14.9 Å². The summed E-state index contributed by atoms with van der Waals surface area (Å²) >= 11 is 1.19. The van der Waals surface area contributed by atoms with Crippen LogP contribution in [0.25, 0.3) is 0 Å². The number of ether oxygens (including phenoxy) is 2. The van der Waals surface area contributed by atoms with Crippen LogP contribution in [0, 0.1) is 6.92 Å². The summed E-state index contributed by atoms with van der Waals surface area (Å²) in [6, 6.07) is 11.5. The van der Waals surface area contributed by atoms with Gasteiger partial charge in [0.25, 0.3) is 0 Å². The number of nitrogens with one attached hydrogen (secondary N) is 3. The van der Waals surface area contributed by atoms with E-state index in [9.17, 15) is 14.4 Å². The van der Waals surface area contributed by atoms with E-state index in [0.717, 1.165) is 5.56 Å². The molecule has 1 unspecified atom stereocenters. The van der Waals surface area contributed by atoms with Gasteiger partial charge >= 0.3 is 6.03 Å². The second-order valence-electron chi connectivity index (χ2n) is 7.42. The molecule has 2 aromatic carbocycles. The van der Waals surface area contributed by atoms with Crippen LogP contribution in [-0.2, 0) is 16.0 Å². The normalized spacial score (nSPS) is 11.4. The Balaban J connectivity index is 1.71. The van der Waals surface area contributed by atoms with E-state index >= 15 is 0 Å². The van der Waals surface area contributed by atoms with Crippen LogP contribution in [0.15, 0.2) is 47.8 Å². The molecule has 0 bridgehead atoms. The number of methoxy groups -OCH3 is 2. The predicted octanol–water partition coefficient (Wildman–Crippen LogP) is 3.99. The number of carbonyl (C=O) groups excluding carboxylic acids is 3. The molecule has 3 rings (SSSR count). The minimum absolute atomic E-state index is 0.0585. The average molecular weight is 483 g/mol. The Morgan fingerprint density at radius 3 is 2.56 bits per heavy atom. The molecular weight excluding hydrogens is 456 g/mol. The number of benzene rings is 2. The molecule has 0 aliphatic rings. The van der Waals surface area contributed by atoms with Gasteiger partial charge in [-0.15, -0.1) is 11.3 Å². The van der Waals surface area contributed by atoms with Gasteiger partial charge in [0.1, 0.15) is 12.0 Å². The molecule has 3 aromatic rings. The van der Waals surface area contributed by atoms with E-state index < -0.39 is 12.3 Å². The SMILES string of the molecule is COc1ccccc1C(=O)c1ccc(C)cc1NC(=O)Nc1nc(CC(=O)NC(C)OC)cs1. The number of nitrogens with zero attached hydrogens (tertiary/aromatic N) is 1. The molecule has 0 saturated carbocycles. The van der Waals surface area contributed by atoms with E-state index in [0.29, 0.717) is 33.4 Å². The number of carbonyl (C=O) groups is 3. The largest absolute Gasteiger partial charge is 0.496 e. The van der Waals surface area contributed by atoms with Gasteiger partial charge in [0, 0.05) is 18.1 Å². The Hall–Kier alpha value is -3.76. The van der Waals surface area contributed by atoms with Crippen LogP contribution in [0.3, 0.4) is 0 Å². The highest BCUT2D eigenvalue weighted by atomic mass is 32.1. The van der Waals surface area contributed by atoms with Gasteiger partial charge in [0.05, 0.1) is 30.5 Å². The number of thiazole rings is 1. The van der Waals surface area contributed by atoms with E-state index in [2.05, 4.69) is 20.9 Å². The number of anilines is 2. The molecule has 3 amide bonds. The topological polar surface area (TPSA) is 119 Å². The molecule has 178 valence electrons. The zero-order chi connectivity index (χ0) is 24.7. The fraction of sp³-hybridized carbons (Fsp3) is 0.250. The van der Waals surface area contributed by atoms with Crippen molar-refractivity contribution in [2.75, 3.05) is 24.9 Å². The Kier molecular flexibility index (Phi) is 8.34. The summed E-state index contributed by atoms with van der Waals surface area (Å²) in [5.74, 6) is -0.0711. The number of aryl methyl sites for hydroxylation is 1. The second-order valence-corrected chi connectivity index (χ2v) is 8.28. The van der Waals surface area contributed by atoms with Crippen molar-refractivity contribution in [1.29, 1.82) is 0 Å². The summed E-state index contributed by atoms with van der Waals surface area (Å²) in [7, 11) is 3.00. The van der Waals surface area contributed by atoms with Crippen molar-refractivity contribution < 1.29 is 23.9 Å². The van der Waals surface area contributed by atoms with Gasteiger partial charge in [-0.05, 0) is 43.7 Å². The van der Waals surface area contributed by atoms with Gasteiger partial charge in [0.2, 0.25) is 5.91 Å². The van der Waals surface area contributed by atoms with E-state index in [-0.39, 0.29) is 18.1 Å². The highest BCUT2D eigenvalue weighted by Gasteiger charge is 2.19. The third kappa shape index (κ3) is 6.40. The van der Waals surface area contributed by atoms with Crippen molar-refractivity contribution in [3.05, 3.63) is 70.2 Å². The van der Waals surface area contributed by atoms with Crippen LogP contribution in [-0.4, -0.2) is 43.2 Å². The molecule has 10 heteroatoms. The van der Waals surface area contributed by atoms with Crippen LogP contribution in [0.2, 0.25) is 0 Å². The van der Waals surface area contributed by atoms with Crippen molar-refractivity contribution in [2.45, 2.75) is 26.5 Å². The Morgan fingerprint density at radius 1 is 1.06 bits per heavy atom. The Morgan fingerprint density at radius 2 is 1.82 bits per heavy atom. The van der Waals surface area contributed by atoms with E-state index in [1.54, 1.807) is 54.8 Å². The Bertz CT molecular complexity index is 1190. The van der Waals surface area contributed by atoms with Crippen molar-refractivity contribution in [3.8, 4) is 5.75 Å². The molecule has 9 nitrogen and oxygen atoms in total. The smallest absolute Gasteiger partial charge is 0.325 e. The highest BCUT2D eigenvalue weighted by Crippen LogP contribution is 2.26. The van der Waals surface area contributed by atoms with Gasteiger partial charge in [-0.1, -0.05) is 18.2 Å². The monoisotopic (exact) mass is 482 g/mol. The molecule has 0 spiro atoms. The summed E-state index contributed by atoms with van der Waals surface area (Å²) in [5.41, 5.74) is 2.47. The third-order valence-corrected chi connectivity index (χ3v) is 5.66. The molecule has 0 aliphatic carbocycles. The number of hydrogen-bond donors (Lipinski definition) is 3.